The average molecular weight is 261 g/mol. The molecule has 0 N–H and O–H groups in total. The summed E-state index contributed by atoms with van der Waals surface area (Å²) in [6.07, 6.45) is 0. The highest BCUT2D eigenvalue weighted by Gasteiger charge is 2.08. The summed E-state index contributed by atoms with van der Waals surface area (Å²) in [4.78, 5) is 2.02. The Morgan fingerprint density at radius 3 is 2.55 bits per heavy atom. The minimum absolute atomic E-state index is 0.653. The van der Waals surface area contributed by atoms with Crippen molar-refractivity contribution >= 4 is 5.69 Å². The van der Waals surface area contributed by atoms with Gasteiger partial charge >= 0.3 is 0 Å². The van der Waals surface area contributed by atoms with Crippen LogP contribution < -0.4 is 4.90 Å². The van der Waals surface area contributed by atoms with Crippen molar-refractivity contribution in [2.24, 2.45) is 0 Å². The van der Waals surface area contributed by atoms with Crippen molar-refractivity contribution in [3.63, 3.8) is 0 Å². The first-order chi connectivity index (χ1) is 9.63. The fourth-order valence-electron chi connectivity index (χ4n) is 2.17. The molecular weight excluding hydrogens is 246 g/mol. The Labute approximate surface area is 119 Å². The molecule has 3 nitrogen and oxygen atoms in total. The van der Waals surface area contributed by atoms with Gasteiger partial charge in [0.25, 0.3) is 0 Å². The number of rotatable bonds is 3. The third kappa shape index (κ3) is 2.96. The zero-order valence-electron chi connectivity index (χ0n) is 11.6. The fourth-order valence-corrected chi connectivity index (χ4v) is 2.17. The lowest BCUT2D eigenvalue weighted by Crippen LogP contribution is -2.17. The molecule has 0 aliphatic rings. The van der Waals surface area contributed by atoms with Crippen molar-refractivity contribution in [1.29, 1.82) is 10.5 Å². The number of anilines is 1. The number of hydrogen-bond acceptors (Lipinski definition) is 3. The molecule has 0 heterocycles. The molecule has 0 amide bonds. The second-order valence-electron chi connectivity index (χ2n) is 4.80. The zero-order valence-corrected chi connectivity index (χ0v) is 11.6. The molecular formula is C17H15N3. The van der Waals surface area contributed by atoms with Crippen LogP contribution in [0.25, 0.3) is 0 Å². The Morgan fingerprint density at radius 2 is 1.85 bits per heavy atom. The molecule has 0 bridgehead atoms. The lowest BCUT2D eigenvalue weighted by atomic mass is 10.1. The van der Waals surface area contributed by atoms with E-state index >= 15 is 0 Å². The predicted octanol–water partition coefficient (Wildman–Crippen LogP) is 3.37. The summed E-state index contributed by atoms with van der Waals surface area (Å²) in [5.41, 5.74) is 4.35. The van der Waals surface area contributed by atoms with Gasteiger partial charge in [-0.25, -0.2) is 0 Å². The van der Waals surface area contributed by atoms with Crippen LogP contribution in [0.4, 0.5) is 5.69 Å². The van der Waals surface area contributed by atoms with Gasteiger partial charge in [-0.3, -0.25) is 0 Å². The van der Waals surface area contributed by atoms with Crippen LogP contribution in [0.2, 0.25) is 0 Å². The lowest BCUT2D eigenvalue weighted by Gasteiger charge is -2.21. The average Bonchev–Trinajstić information content (AvgIpc) is 2.47. The van der Waals surface area contributed by atoms with Crippen molar-refractivity contribution in [2.75, 3.05) is 11.9 Å². The third-order valence-electron chi connectivity index (χ3n) is 3.16. The smallest absolute Gasteiger partial charge is 0.101 e. The summed E-state index contributed by atoms with van der Waals surface area (Å²) < 4.78 is 0. The van der Waals surface area contributed by atoms with Crippen LogP contribution in [0.3, 0.4) is 0 Å². The molecule has 0 aliphatic carbocycles. The third-order valence-corrected chi connectivity index (χ3v) is 3.16. The van der Waals surface area contributed by atoms with Crippen LogP contribution >= 0.6 is 0 Å². The molecule has 0 radical (unpaired) electrons. The summed E-state index contributed by atoms with van der Waals surface area (Å²) in [5, 5.41) is 18.1. The highest BCUT2D eigenvalue weighted by molar-refractivity contribution is 5.60. The summed E-state index contributed by atoms with van der Waals surface area (Å²) in [6.45, 7) is 2.63. The highest BCUT2D eigenvalue weighted by Crippen LogP contribution is 2.22. The maximum absolute atomic E-state index is 9.22. The van der Waals surface area contributed by atoms with E-state index in [1.54, 1.807) is 6.07 Å². The first kappa shape index (κ1) is 13.6. The number of nitrogens with zero attached hydrogens (tertiary/aromatic N) is 3. The molecule has 0 spiro atoms. The summed E-state index contributed by atoms with van der Waals surface area (Å²) in [5.74, 6) is 0. The quantitative estimate of drug-likeness (QED) is 0.851. The van der Waals surface area contributed by atoms with E-state index in [1.165, 1.54) is 0 Å². The second kappa shape index (κ2) is 5.91. The van der Waals surface area contributed by atoms with Crippen LogP contribution in [-0.4, -0.2) is 7.05 Å². The zero-order chi connectivity index (χ0) is 14.5. The Kier molecular flexibility index (Phi) is 4.03. The standard InChI is InChI=1S/C17H15N3/c1-13-6-7-17(16(8-13)11-19)20(2)12-15-5-3-4-14(9-15)10-18/h3-9H,12H2,1-2H3. The number of benzene rings is 2. The van der Waals surface area contributed by atoms with Crippen molar-refractivity contribution < 1.29 is 0 Å². The summed E-state index contributed by atoms with van der Waals surface area (Å²) in [6, 6.07) is 17.7. The Hall–Kier alpha value is -2.78. The first-order valence-corrected chi connectivity index (χ1v) is 6.35. The van der Waals surface area contributed by atoms with Crippen LogP contribution in [0.1, 0.15) is 22.3 Å². The highest BCUT2D eigenvalue weighted by atomic mass is 15.1. The van der Waals surface area contributed by atoms with E-state index in [1.807, 2.05) is 55.3 Å². The van der Waals surface area contributed by atoms with Crippen molar-refractivity contribution in [2.45, 2.75) is 13.5 Å². The Bertz CT molecular complexity index is 705. The van der Waals surface area contributed by atoms with Crippen LogP contribution in [0.15, 0.2) is 42.5 Å². The second-order valence-corrected chi connectivity index (χ2v) is 4.80. The molecule has 3 heteroatoms. The van der Waals surface area contributed by atoms with Gasteiger partial charge < -0.3 is 4.90 Å². The lowest BCUT2D eigenvalue weighted by molar-refractivity contribution is 0.920. The van der Waals surface area contributed by atoms with Gasteiger partial charge in [0.2, 0.25) is 0 Å². The van der Waals surface area contributed by atoms with Gasteiger partial charge in [0.05, 0.1) is 22.9 Å². The molecule has 2 aromatic rings. The monoisotopic (exact) mass is 261 g/mol. The van der Waals surface area contributed by atoms with E-state index in [0.717, 1.165) is 16.8 Å². The van der Waals surface area contributed by atoms with Crippen LogP contribution in [0, 0.1) is 29.6 Å². The molecule has 0 saturated carbocycles. The maximum Gasteiger partial charge on any atom is 0.101 e. The van der Waals surface area contributed by atoms with Gasteiger partial charge in [-0.1, -0.05) is 18.2 Å². The topological polar surface area (TPSA) is 50.8 Å². The molecule has 0 atom stereocenters. The molecule has 0 aliphatic heterocycles. The van der Waals surface area contributed by atoms with E-state index in [2.05, 4.69) is 12.1 Å². The van der Waals surface area contributed by atoms with E-state index in [-0.39, 0.29) is 0 Å². The maximum atomic E-state index is 9.22. The van der Waals surface area contributed by atoms with Gasteiger partial charge in [0.15, 0.2) is 0 Å². The van der Waals surface area contributed by atoms with Gasteiger partial charge in [-0.05, 0) is 42.3 Å². The minimum atomic E-state index is 0.653. The van der Waals surface area contributed by atoms with Gasteiger partial charge in [-0.2, -0.15) is 10.5 Å². The van der Waals surface area contributed by atoms with Crippen molar-refractivity contribution in [3.05, 3.63) is 64.7 Å². The Balaban J connectivity index is 2.26. The van der Waals surface area contributed by atoms with E-state index in [9.17, 15) is 5.26 Å². The SMILES string of the molecule is Cc1ccc(N(C)Cc2cccc(C#N)c2)c(C#N)c1. The number of hydrogen-bond donors (Lipinski definition) is 0. The van der Waals surface area contributed by atoms with E-state index in [0.29, 0.717) is 17.7 Å². The van der Waals surface area contributed by atoms with Crippen LogP contribution in [-0.2, 0) is 6.54 Å². The van der Waals surface area contributed by atoms with E-state index in [4.69, 9.17) is 5.26 Å². The molecule has 0 saturated heterocycles. The largest absolute Gasteiger partial charge is 0.369 e. The molecule has 2 rings (SSSR count). The summed E-state index contributed by atoms with van der Waals surface area (Å²) in [7, 11) is 1.95. The van der Waals surface area contributed by atoms with Crippen molar-refractivity contribution in [1.82, 2.24) is 0 Å². The molecule has 0 unspecified atom stereocenters. The molecule has 0 aromatic heterocycles. The first-order valence-electron chi connectivity index (χ1n) is 6.35. The molecule has 2 aromatic carbocycles. The van der Waals surface area contributed by atoms with Gasteiger partial charge in [-0.15, -0.1) is 0 Å². The normalized spacial score (nSPS) is 9.60. The Morgan fingerprint density at radius 1 is 1.05 bits per heavy atom. The van der Waals surface area contributed by atoms with E-state index < -0.39 is 0 Å². The molecule has 98 valence electrons. The van der Waals surface area contributed by atoms with Gasteiger partial charge in [0, 0.05) is 13.6 Å². The molecule has 20 heavy (non-hydrogen) atoms. The summed E-state index contributed by atoms with van der Waals surface area (Å²) >= 11 is 0. The minimum Gasteiger partial charge on any atom is -0.369 e. The number of nitriles is 2. The fraction of sp³-hybridized carbons (Fsp3) is 0.176. The molecule has 0 fully saturated rings. The number of aryl methyl sites for hydroxylation is 1. The predicted molar refractivity (Wildman–Crippen MR) is 79.2 cm³/mol. The van der Waals surface area contributed by atoms with Crippen molar-refractivity contribution in [3.8, 4) is 12.1 Å². The van der Waals surface area contributed by atoms with Gasteiger partial charge in [0.1, 0.15) is 6.07 Å². The van der Waals surface area contributed by atoms with Crippen LogP contribution in [0.5, 0.6) is 0 Å².